The second-order valence-corrected chi connectivity index (χ2v) is 7.26. The first-order chi connectivity index (χ1) is 10.0. The van der Waals surface area contributed by atoms with E-state index in [1.165, 1.54) is 0 Å². The monoisotopic (exact) mass is 311 g/mol. The normalized spacial score (nSPS) is 17.3. The molecule has 0 unspecified atom stereocenters. The maximum Gasteiger partial charge on any atom is 0.234 e. The van der Waals surface area contributed by atoms with Crippen molar-refractivity contribution in [3.63, 3.8) is 0 Å². The molecule has 0 spiro atoms. The van der Waals surface area contributed by atoms with Crippen LogP contribution in [0.15, 0.2) is 29.2 Å². The smallest absolute Gasteiger partial charge is 0.234 e. The van der Waals surface area contributed by atoms with Crippen molar-refractivity contribution in [3.8, 4) is 0 Å². The van der Waals surface area contributed by atoms with Crippen molar-refractivity contribution >= 4 is 15.7 Å². The van der Waals surface area contributed by atoms with Crippen LogP contribution >= 0.6 is 0 Å². The summed E-state index contributed by atoms with van der Waals surface area (Å²) in [5, 5.41) is 2.77. The van der Waals surface area contributed by atoms with Gasteiger partial charge in [0.15, 0.2) is 9.84 Å². The summed E-state index contributed by atoms with van der Waals surface area (Å²) in [5.74, 6) is -0.0380. The summed E-state index contributed by atoms with van der Waals surface area (Å²) in [5.41, 5.74) is 6.33. The molecule has 1 aromatic carbocycles. The van der Waals surface area contributed by atoms with Crippen LogP contribution in [0.1, 0.15) is 12.0 Å². The second kappa shape index (κ2) is 7.02. The quantitative estimate of drug-likeness (QED) is 0.782. The summed E-state index contributed by atoms with van der Waals surface area (Å²) in [4.78, 5) is 13.6. The van der Waals surface area contributed by atoms with E-state index in [9.17, 15) is 13.2 Å². The third kappa shape index (κ3) is 4.52. The Bertz CT molecular complexity index is 601. The number of benzene rings is 1. The number of nitrogens with one attached hydrogen (secondary N) is 1. The molecule has 1 aliphatic rings. The number of amides is 1. The molecule has 1 aliphatic heterocycles. The van der Waals surface area contributed by atoms with Gasteiger partial charge in [0.2, 0.25) is 5.91 Å². The number of carbonyl (C=O) groups excluding carboxylic acids is 1. The van der Waals surface area contributed by atoms with Gasteiger partial charge in [0.05, 0.1) is 17.2 Å². The molecular formula is C14H21N3O3S. The number of hydrogen-bond acceptors (Lipinski definition) is 5. The molecule has 0 radical (unpaired) electrons. The Morgan fingerprint density at radius 2 is 2.14 bits per heavy atom. The van der Waals surface area contributed by atoms with Crippen LogP contribution in [-0.2, 0) is 21.2 Å². The first-order valence-corrected chi connectivity index (χ1v) is 8.67. The van der Waals surface area contributed by atoms with E-state index >= 15 is 0 Å². The average Bonchev–Trinajstić information content (AvgIpc) is 2.69. The maximum absolute atomic E-state index is 12.3. The fraction of sp³-hybridized carbons (Fsp3) is 0.500. The molecule has 21 heavy (non-hydrogen) atoms. The predicted octanol–water partition coefficient (Wildman–Crippen LogP) is -0.259. The van der Waals surface area contributed by atoms with E-state index in [2.05, 4.69) is 5.32 Å². The average molecular weight is 311 g/mol. The van der Waals surface area contributed by atoms with E-state index < -0.39 is 9.84 Å². The number of hydrogen-bond donors (Lipinski definition) is 2. The van der Waals surface area contributed by atoms with E-state index in [1.807, 2.05) is 4.90 Å². The Morgan fingerprint density at radius 3 is 2.90 bits per heavy atom. The van der Waals surface area contributed by atoms with Gasteiger partial charge < -0.3 is 11.1 Å². The Morgan fingerprint density at radius 1 is 1.33 bits per heavy atom. The summed E-state index contributed by atoms with van der Waals surface area (Å²) < 4.78 is 24.7. The Hall–Kier alpha value is -1.44. The molecule has 0 saturated carbocycles. The molecule has 116 valence electrons. The van der Waals surface area contributed by atoms with Gasteiger partial charge in [-0.3, -0.25) is 9.69 Å². The zero-order valence-electron chi connectivity index (χ0n) is 11.9. The fourth-order valence-electron chi connectivity index (χ4n) is 2.29. The lowest BCUT2D eigenvalue weighted by Gasteiger charge is -2.18. The Kier molecular flexibility index (Phi) is 5.33. The number of nitrogens with two attached hydrogens (primary N) is 1. The predicted molar refractivity (Wildman–Crippen MR) is 80.5 cm³/mol. The van der Waals surface area contributed by atoms with Crippen LogP contribution in [0.2, 0.25) is 0 Å². The van der Waals surface area contributed by atoms with Crippen LogP contribution in [0.3, 0.4) is 0 Å². The highest BCUT2D eigenvalue weighted by Crippen LogP contribution is 2.13. The van der Waals surface area contributed by atoms with Crippen LogP contribution in [0.5, 0.6) is 0 Å². The summed E-state index contributed by atoms with van der Waals surface area (Å²) >= 11 is 0. The van der Waals surface area contributed by atoms with E-state index in [-0.39, 0.29) is 18.2 Å². The molecule has 1 heterocycles. The van der Waals surface area contributed by atoms with Crippen LogP contribution in [0.25, 0.3) is 0 Å². The third-order valence-corrected chi connectivity index (χ3v) is 5.20. The van der Waals surface area contributed by atoms with Crippen molar-refractivity contribution < 1.29 is 13.2 Å². The van der Waals surface area contributed by atoms with Gasteiger partial charge in [-0.2, -0.15) is 0 Å². The fourth-order valence-corrected chi connectivity index (χ4v) is 3.64. The summed E-state index contributed by atoms with van der Waals surface area (Å²) in [7, 11) is -3.35. The van der Waals surface area contributed by atoms with Gasteiger partial charge in [0, 0.05) is 26.2 Å². The van der Waals surface area contributed by atoms with Gasteiger partial charge in [0.25, 0.3) is 0 Å². The van der Waals surface area contributed by atoms with Crippen LogP contribution in [0, 0.1) is 0 Å². The minimum atomic E-state index is -3.35. The van der Waals surface area contributed by atoms with Crippen LogP contribution < -0.4 is 11.1 Å². The largest absolute Gasteiger partial charge is 0.355 e. The molecule has 1 amide bonds. The summed E-state index contributed by atoms with van der Waals surface area (Å²) in [6.45, 7) is 2.33. The van der Waals surface area contributed by atoms with Crippen molar-refractivity contribution in [3.05, 3.63) is 29.8 Å². The molecule has 0 atom stereocenters. The molecule has 0 aromatic heterocycles. The minimum Gasteiger partial charge on any atom is -0.355 e. The van der Waals surface area contributed by atoms with E-state index in [0.717, 1.165) is 18.5 Å². The van der Waals surface area contributed by atoms with E-state index in [4.69, 9.17) is 5.73 Å². The molecule has 1 saturated heterocycles. The Balaban J connectivity index is 2.01. The van der Waals surface area contributed by atoms with Crippen molar-refractivity contribution in [1.82, 2.24) is 10.2 Å². The van der Waals surface area contributed by atoms with Crippen LogP contribution in [-0.4, -0.2) is 51.2 Å². The molecule has 1 fully saturated rings. The van der Waals surface area contributed by atoms with Gasteiger partial charge in [0.1, 0.15) is 0 Å². The third-order valence-electron chi connectivity index (χ3n) is 3.51. The second-order valence-electron chi connectivity index (χ2n) is 5.15. The molecule has 2 rings (SSSR count). The lowest BCUT2D eigenvalue weighted by Crippen LogP contribution is -2.35. The minimum absolute atomic E-state index is 0.00824. The number of carbonyl (C=O) groups is 1. The molecule has 0 aliphatic carbocycles. The lowest BCUT2D eigenvalue weighted by molar-refractivity contribution is -0.121. The number of nitrogens with zero attached hydrogens (tertiary/aromatic N) is 1. The first kappa shape index (κ1) is 15.9. The van der Waals surface area contributed by atoms with E-state index in [1.54, 1.807) is 24.3 Å². The molecule has 0 bridgehead atoms. The molecule has 6 nitrogen and oxygen atoms in total. The number of sulfone groups is 1. The van der Waals surface area contributed by atoms with Gasteiger partial charge in [-0.1, -0.05) is 12.1 Å². The molecular weight excluding hydrogens is 290 g/mol. The highest BCUT2D eigenvalue weighted by Gasteiger charge is 2.19. The lowest BCUT2D eigenvalue weighted by atomic mass is 10.2. The standard InChI is InChI=1S/C14H21N3O3S/c15-10-12-3-1-4-13(9-12)21(19,20)8-7-17-6-2-5-16-14(18)11-17/h1,3-4,9H,2,5-8,10-11,15H2,(H,16,18). The maximum atomic E-state index is 12.3. The van der Waals surface area contributed by atoms with Crippen LogP contribution in [0.4, 0.5) is 0 Å². The van der Waals surface area contributed by atoms with Gasteiger partial charge >= 0.3 is 0 Å². The molecule has 3 N–H and O–H groups in total. The zero-order valence-corrected chi connectivity index (χ0v) is 12.7. The van der Waals surface area contributed by atoms with Gasteiger partial charge in [-0.05, 0) is 24.1 Å². The topological polar surface area (TPSA) is 92.5 Å². The highest BCUT2D eigenvalue weighted by molar-refractivity contribution is 7.91. The molecule has 1 aromatic rings. The highest BCUT2D eigenvalue weighted by atomic mass is 32.2. The van der Waals surface area contributed by atoms with E-state index in [0.29, 0.717) is 24.5 Å². The van der Waals surface area contributed by atoms with Crippen molar-refractivity contribution in [2.24, 2.45) is 5.73 Å². The van der Waals surface area contributed by atoms with Gasteiger partial charge in [-0.15, -0.1) is 0 Å². The summed E-state index contributed by atoms with van der Waals surface area (Å²) in [6, 6.07) is 6.71. The number of rotatable bonds is 5. The van der Waals surface area contributed by atoms with Crippen molar-refractivity contribution in [2.75, 3.05) is 31.9 Å². The van der Waals surface area contributed by atoms with Crippen molar-refractivity contribution in [2.45, 2.75) is 17.9 Å². The molecule has 7 heteroatoms. The summed E-state index contributed by atoms with van der Waals surface area (Å²) in [6.07, 6.45) is 0.842. The zero-order chi connectivity index (χ0) is 15.3. The van der Waals surface area contributed by atoms with Crippen molar-refractivity contribution in [1.29, 1.82) is 0 Å². The SMILES string of the molecule is NCc1cccc(S(=O)(=O)CCN2CCCNC(=O)C2)c1. The first-order valence-electron chi connectivity index (χ1n) is 7.02. The Labute approximate surface area is 125 Å². The van der Waals surface area contributed by atoms with Gasteiger partial charge in [-0.25, -0.2) is 8.42 Å².